The van der Waals surface area contributed by atoms with Crippen LogP contribution < -0.4 is 10.0 Å². The molecule has 2 rings (SSSR count). The average molecular weight is 433 g/mol. The summed E-state index contributed by atoms with van der Waals surface area (Å²) in [5, 5.41) is 2.64. The van der Waals surface area contributed by atoms with Crippen molar-refractivity contribution in [1.29, 1.82) is 0 Å². The van der Waals surface area contributed by atoms with Gasteiger partial charge in [-0.3, -0.25) is 9.59 Å². The largest absolute Gasteiger partial charge is 0.466 e. The minimum atomic E-state index is -3.58. The van der Waals surface area contributed by atoms with Crippen LogP contribution in [0, 0.1) is 0 Å². The first-order valence-electron chi connectivity index (χ1n) is 9.88. The van der Waals surface area contributed by atoms with Gasteiger partial charge in [-0.2, -0.15) is 0 Å². The normalized spacial score (nSPS) is 11.3. The smallest absolute Gasteiger partial charge is 0.306 e. The molecular formula is C22H28N2O5S. The Bertz CT molecular complexity index is 926. The molecule has 0 bridgehead atoms. The maximum absolute atomic E-state index is 12.1. The van der Waals surface area contributed by atoms with Gasteiger partial charge in [-0.25, -0.2) is 13.1 Å². The molecule has 0 aliphatic heterocycles. The summed E-state index contributed by atoms with van der Waals surface area (Å²) in [5.74, 6) is -0.758. The Kier molecular flexibility index (Phi) is 9.01. The Morgan fingerprint density at radius 1 is 0.967 bits per heavy atom. The van der Waals surface area contributed by atoms with Crippen molar-refractivity contribution in [3.63, 3.8) is 0 Å². The number of carbonyl (C=O) groups excluding carboxylic acids is 2. The second-order valence-corrected chi connectivity index (χ2v) is 8.87. The molecule has 0 radical (unpaired) electrons. The van der Waals surface area contributed by atoms with Crippen molar-refractivity contribution in [3.05, 3.63) is 60.2 Å². The topological polar surface area (TPSA) is 102 Å². The number of ether oxygens (including phenoxy) is 1. The quantitative estimate of drug-likeness (QED) is 0.419. The molecular weight excluding hydrogens is 404 g/mol. The summed E-state index contributed by atoms with van der Waals surface area (Å²) in [7, 11) is -3.58. The molecule has 7 nitrogen and oxygen atoms in total. The first-order valence-corrected chi connectivity index (χ1v) is 11.4. The summed E-state index contributed by atoms with van der Waals surface area (Å²) in [6.45, 7) is 3.79. The third kappa shape index (κ3) is 8.34. The van der Waals surface area contributed by atoms with Crippen LogP contribution in [0.15, 0.2) is 59.5 Å². The van der Waals surface area contributed by atoms with Gasteiger partial charge in [-0.1, -0.05) is 30.3 Å². The highest BCUT2D eigenvalue weighted by atomic mass is 32.2. The lowest BCUT2D eigenvalue weighted by Crippen LogP contribution is -2.30. The minimum Gasteiger partial charge on any atom is -0.466 e. The molecule has 0 fully saturated rings. The fourth-order valence-electron chi connectivity index (χ4n) is 2.71. The van der Waals surface area contributed by atoms with Gasteiger partial charge in [-0.05, 0) is 56.5 Å². The number of carbonyl (C=O) groups is 2. The lowest BCUT2D eigenvalue weighted by molar-refractivity contribution is -0.144. The number of hydrogen-bond acceptors (Lipinski definition) is 5. The fourth-order valence-corrected chi connectivity index (χ4v) is 3.97. The van der Waals surface area contributed by atoms with E-state index >= 15 is 0 Å². The van der Waals surface area contributed by atoms with E-state index in [-0.39, 0.29) is 29.7 Å². The van der Waals surface area contributed by atoms with Crippen molar-refractivity contribution in [2.24, 2.45) is 0 Å². The first-order chi connectivity index (χ1) is 14.3. The molecule has 0 saturated carbocycles. The van der Waals surface area contributed by atoms with E-state index in [1.54, 1.807) is 13.8 Å². The molecule has 0 aliphatic rings. The molecule has 2 N–H and O–H groups in total. The molecule has 162 valence electrons. The van der Waals surface area contributed by atoms with Gasteiger partial charge in [0, 0.05) is 18.2 Å². The molecule has 0 aliphatic carbocycles. The lowest BCUT2D eigenvalue weighted by Gasteiger charge is -2.10. The zero-order chi connectivity index (χ0) is 22.0. The average Bonchev–Trinajstić information content (AvgIpc) is 2.70. The molecule has 0 spiro atoms. The second kappa shape index (κ2) is 11.5. The standard InChI is InChI=1S/C22H28N2O5S/c1-17(2)24-30(27,28)20-12-10-19(11-13-20)23-21(25)14-15-22(26)29-16-6-9-18-7-4-3-5-8-18/h3-5,7-8,10-13,17,24H,6,9,14-16H2,1-2H3,(H,23,25). The molecule has 0 saturated heterocycles. The predicted molar refractivity (Wildman–Crippen MR) is 115 cm³/mol. The molecule has 8 heteroatoms. The van der Waals surface area contributed by atoms with Crippen molar-refractivity contribution in [2.75, 3.05) is 11.9 Å². The van der Waals surface area contributed by atoms with Crippen LogP contribution in [-0.4, -0.2) is 32.9 Å². The molecule has 1 amide bonds. The molecule has 0 heterocycles. The predicted octanol–water partition coefficient (Wildman–Crippen LogP) is 3.27. The maximum Gasteiger partial charge on any atom is 0.306 e. The van der Waals surface area contributed by atoms with Gasteiger partial charge in [-0.15, -0.1) is 0 Å². The third-order valence-corrected chi connectivity index (χ3v) is 5.79. The number of anilines is 1. The van der Waals surface area contributed by atoms with Crippen molar-refractivity contribution in [3.8, 4) is 0 Å². The highest BCUT2D eigenvalue weighted by Gasteiger charge is 2.15. The summed E-state index contributed by atoms with van der Waals surface area (Å²) in [5.41, 5.74) is 1.64. The third-order valence-electron chi connectivity index (χ3n) is 4.11. The number of hydrogen-bond donors (Lipinski definition) is 2. The first kappa shape index (κ1) is 23.6. The van der Waals surface area contributed by atoms with Crippen molar-refractivity contribution >= 4 is 27.6 Å². The zero-order valence-electron chi connectivity index (χ0n) is 17.3. The number of esters is 1. The summed E-state index contributed by atoms with van der Waals surface area (Å²) in [6, 6.07) is 15.6. The van der Waals surface area contributed by atoms with Crippen LogP contribution in [0.5, 0.6) is 0 Å². The Labute approximate surface area is 177 Å². The summed E-state index contributed by atoms with van der Waals surface area (Å²) >= 11 is 0. The van der Waals surface area contributed by atoms with Crippen molar-refractivity contribution in [1.82, 2.24) is 4.72 Å². The Hall–Kier alpha value is -2.71. The van der Waals surface area contributed by atoms with Crippen LogP contribution in [0.4, 0.5) is 5.69 Å². The van der Waals surface area contributed by atoms with E-state index in [2.05, 4.69) is 10.0 Å². The lowest BCUT2D eigenvalue weighted by atomic mass is 10.1. The van der Waals surface area contributed by atoms with Gasteiger partial charge in [0.15, 0.2) is 0 Å². The Morgan fingerprint density at radius 2 is 1.63 bits per heavy atom. The van der Waals surface area contributed by atoms with Crippen LogP contribution >= 0.6 is 0 Å². The van der Waals surface area contributed by atoms with Crippen LogP contribution in [0.3, 0.4) is 0 Å². The van der Waals surface area contributed by atoms with Crippen molar-refractivity contribution < 1.29 is 22.7 Å². The molecule has 0 aromatic heterocycles. The molecule has 2 aromatic carbocycles. The van der Waals surface area contributed by atoms with Gasteiger partial charge in [0.05, 0.1) is 17.9 Å². The summed E-state index contributed by atoms with van der Waals surface area (Å²) in [6.07, 6.45) is 1.53. The number of nitrogens with one attached hydrogen (secondary N) is 2. The van der Waals surface area contributed by atoms with Gasteiger partial charge >= 0.3 is 5.97 Å². The SMILES string of the molecule is CC(C)NS(=O)(=O)c1ccc(NC(=O)CCC(=O)OCCCc2ccccc2)cc1. The maximum atomic E-state index is 12.1. The van der Waals surface area contributed by atoms with E-state index in [1.807, 2.05) is 30.3 Å². The summed E-state index contributed by atoms with van der Waals surface area (Å²) in [4.78, 5) is 23.9. The highest BCUT2D eigenvalue weighted by molar-refractivity contribution is 7.89. The zero-order valence-corrected chi connectivity index (χ0v) is 18.1. The number of sulfonamides is 1. The monoisotopic (exact) mass is 432 g/mol. The highest BCUT2D eigenvalue weighted by Crippen LogP contribution is 2.15. The van der Waals surface area contributed by atoms with E-state index < -0.39 is 16.0 Å². The van der Waals surface area contributed by atoms with Gasteiger partial charge in [0.25, 0.3) is 0 Å². The number of amides is 1. The molecule has 2 aromatic rings. The van der Waals surface area contributed by atoms with Crippen LogP contribution in [0.25, 0.3) is 0 Å². The van der Waals surface area contributed by atoms with E-state index in [1.165, 1.54) is 29.8 Å². The van der Waals surface area contributed by atoms with Crippen molar-refractivity contribution in [2.45, 2.75) is 50.5 Å². The van der Waals surface area contributed by atoms with E-state index in [0.717, 1.165) is 12.8 Å². The molecule has 30 heavy (non-hydrogen) atoms. The van der Waals surface area contributed by atoms with Gasteiger partial charge in [0.1, 0.15) is 0 Å². The Morgan fingerprint density at radius 3 is 2.27 bits per heavy atom. The molecule has 0 unspecified atom stereocenters. The minimum absolute atomic E-state index is 0.00747. The van der Waals surface area contributed by atoms with Crippen LogP contribution in [0.2, 0.25) is 0 Å². The number of aryl methyl sites for hydroxylation is 1. The van der Waals surface area contributed by atoms with E-state index in [0.29, 0.717) is 12.3 Å². The van der Waals surface area contributed by atoms with E-state index in [4.69, 9.17) is 4.74 Å². The number of rotatable bonds is 11. The van der Waals surface area contributed by atoms with Gasteiger partial charge in [0.2, 0.25) is 15.9 Å². The fraction of sp³-hybridized carbons (Fsp3) is 0.364. The van der Waals surface area contributed by atoms with Gasteiger partial charge < -0.3 is 10.1 Å². The van der Waals surface area contributed by atoms with Crippen LogP contribution in [-0.2, 0) is 30.8 Å². The van der Waals surface area contributed by atoms with Crippen LogP contribution in [0.1, 0.15) is 38.7 Å². The van der Waals surface area contributed by atoms with E-state index in [9.17, 15) is 18.0 Å². The number of benzene rings is 2. The second-order valence-electron chi connectivity index (χ2n) is 7.16. The Balaban J connectivity index is 1.69. The summed E-state index contributed by atoms with van der Waals surface area (Å²) < 4.78 is 31.8. The molecule has 0 atom stereocenters.